The number of halogens is 1. The second-order valence-corrected chi connectivity index (χ2v) is 5.19. The van der Waals surface area contributed by atoms with E-state index in [4.69, 9.17) is 16.6 Å². The molecule has 1 N–H and O–H groups in total. The van der Waals surface area contributed by atoms with Crippen LogP contribution in [0.25, 0.3) is 0 Å². The van der Waals surface area contributed by atoms with Gasteiger partial charge in [0, 0.05) is 19.6 Å². The fourth-order valence-corrected chi connectivity index (χ4v) is 2.49. The number of nitrogens with zero attached hydrogens (tertiary/aromatic N) is 2. The molecule has 1 aliphatic heterocycles. The number of hydrogen-bond acceptors (Lipinski definition) is 3. The number of hydrogen-bond donors (Lipinski definition) is 1. The van der Waals surface area contributed by atoms with Crippen molar-refractivity contribution in [3.8, 4) is 0 Å². The van der Waals surface area contributed by atoms with E-state index in [-0.39, 0.29) is 0 Å². The summed E-state index contributed by atoms with van der Waals surface area (Å²) in [7, 11) is 0. The number of nitrogens with one attached hydrogen (secondary N) is 1. The molecular formula is C14H22ClN3. The molecular weight excluding hydrogens is 246 g/mol. The van der Waals surface area contributed by atoms with Gasteiger partial charge in [0.05, 0.1) is 10.7 Å². The van der Waals surface area contributed by atoms with Gasteiger partial charge >= 0.3 is 0 Å². The Kier molecular flexibility index (Phi) is 5.26. The molecule has 0 aliphatic carbocycles. The van der Waals surface area contributed by atoms with E-state index in [0.29, 0.717) is 0 Å². The summed E-state index contributed by atoms with van der Waals surface area (Å²) in [5.74, 6) is 1.08. The van der Waals surface area contributed by atoms with Gasteiger partial charge in [0.1, 0.15) is 5.82 Å². The maximum Gasteiger partial charge on any atom is 0.128 e. The summed E-state index contributed by atoms with van der Waals surface area (Å²) in [4.78, 5) is 7.09. The second-order valence-electron chi connectivity index (χ2n) is 4.78. The van der Waals surface area contributed by atoms with Crippen molar-refractivity contribution in [2.75, 3.05) is 24.5 Å². The average Bonchev–Trinajstić information content (AvgIpc) is 2.67. The highest BCUT2D eigenvalue weighted by atomic mass is 35.5. The van der Waals surface area contributed by atoms with Crippen molar-refractivity contribution in [2.24, 2.45) is 0 Å². The van der Waals surface area contributed by atoms with E-state index in [9.17, 15) is 0 Å². The predicted octanol–water partition coefficient (Wildman–Crippen LogP) is 3.22. The lowest BCUT2D eigenvalue weighted by Crippen LogP contribution is -2.25. The monoisotopic (exact) mass is 267 g/mol. The third-order valence-electron chi connectivity index (χ3n) is 3.38. The SMILES string of the molecule is CCNCc1nc(N2CCCCCC2)ccc1Cl. The van der Waals surface area contributed by atoms with Crippen molar-refractivity contribution < 1.29 is 0 Å². The van der Waals surface area contributed by atoms with Crippen molar-refractivity contribution in [3.05, 3.63) is 22.8 Å². The van der Waals surface area contributed by atoms with E-state index < -0.39 is 0 Å². The van der Waals surface area contributed by atoms with Gasteiger partial charge in [0.25, 0.3) is 0 Å². The molecule has 1 aliphatic rings. The molecule has 2 heterocycles. The molecule has 3 nitrogen and oxygen atoms in total. The molecule has 0 saturated carbocycles. The first-order valence-corrected chi connectivity index (χ1v) is 7.30. The summed E-state index contributed by atoms with van der Waals surface area (Å²) in [6.45, 7) is 6.01. The number of anilines is 1. The predicted molar refractivity (Wildman–Crippen MR) is 77.3 cm³/mol. The topological polar surface area (TPSA) is 28.2 Å². The van der Waals surface area contributed by atoms with Gasteiger partial charge in [-0.05, 0) is 31.5 Å². The summed E-state index contributed by atoms with van der Waals surface area (Å²) in [5, 5.41) is 4.04. The zero-order chi connectivity index (χ0) is 12.8. The molecule has 1 saturated heterocycles. The third-order valence-corrected chi connectivity index (χ3v) is 3.72. The fourth-order valence-electron chi connectivity index (χ4n) is 2.32. The zero-order valence-electron chi connectivity index (χ0n) is 11.1. The van der Waals surface area contributed by atoms with Crippen molar-refractivity contribution in [1.82, 2.24) is 10.3 Å². The molecule has 2 rings (SSSR count). The molecule has 0 bridgehead atoms. The average molecular weight is 268 g/mol. The minimum absolute atomic E-state index is 0.747. The van der Waals surface area contributed by atoms with Crippen molar-refractivity contribution >= 4 is 17.4 Å². The number of aromatic nitrogens is 1. The van der Waals surface area contributed by atoms with Gasteiger partial charge in [-0.15, -0.1) is 0 Å². The van der Waals surface area contributed by atoms with Crippen LogP contribution in [0.5, 0.6) is 0 Å². The summed E-state index contributed by atoms with van der Waals surface area (Å²) < 4.78 is 0. The van der Waals surface area contributed by atoms with Crippen LogP contribution in [0, 0.1) is 0 Å². The quantitative estimate of drug-likeness (QED) is 0.908. The molecule has 18 heavy (non-hydrogen) atoms. The van der Waals surface area contributed by atoms with Crippen LogP contribution < -0.4 is 10.2 Å². The Labute approximate surface area is 115 Å². The van der Waals surface area contributed by atoms with Gasteiger partial charge < -0.3 is 10.2 Å². The molecule has 100 valence electrons. The van der Waals surface area contributed by atoms with E-state index in [1.807, 2.05) is 12.1 Å². The molecule has 0 unspecified atom stereocenters. The Bertz CT molecular complexity index is 373. The molecule has 0 spiro atoms. The van der Waals surface area contributed by atoms with E-state index >= 15 is 0 Å². The minimum Gasteiger partial charge on any atom is -0.357 e. The summed E-state index contributed by atoms with van der Waals surface area (Å²) in [5.41, 5.74) is 0.959. The van der Waals surface area contributed by atoms with Gasteiger partial charge in [0.2, 0.25) is 0 Å². The summed E-state index contributed by atoms with van der Waals surface area (Å²) in [6, 6.07) is 4.02. The van der Waals surface area contributed by atoms with Crippen LogP contribution in [0.2, 0.25) is 5.02 Å². The standard InChI is InChI=1S/C14H22ClN3/c1-2-16-11-13-12(15)7-8-14(17-13)18-9-5-3-4-6-10-18/h7-8,16H,2-6,9-11H2,1H3. The van der Waals surface area contributed by atoms with Gasteiger partial charge in [0.15, 0.2) is 0 Å². The first-order valence-electron chi connectivity index (χ1n) is 6.92. The Balaban J connectivity index is 2.11. The maximum atomic E-state index is 6.18. The summed E-state index contributed by atoms with van der Waals surface area (Å²) in [6.07, 6.45) is 5.22. The minimum atomic E-state index is 0.747. The van der Waals surface area contributed by atoms with Crippen molar-refractivity contribution in [3.63, 3.8) is 0 Å². The molecule has 0 radical (unpaired) electrons. The van der Waals surface area contributed by atoms with Gasteiger partial charge in [-0.2, -0.15) is 0 Å². The first kappa shape index (κ1) is 13.6. The van der Waals surface area contributed by atoms with Crippen LogP contribution in [0.1, 0.15) is 38.3 Å². The van der Waals surface area contributed by atoms with E-state index in [1.54, 1.807) is 0 Å². The van der Waals surface area contributed by atoms with Crippen LogP contribution in [0.4, 0.5) is 5.82 Å². The molecule has 1 fully saturated rings. The lowest BCUT2D eigenvalue weighted by Gasteiger charge is -2.22. The Morgan fingerprint density at radius 3 is 2.61 bits per heavy atom. The van der Waals surface area contributed by atoms with Crippen LogP contribution in [-0.2, 0) is 6.54 Å². The van der Waals surface area contributed by atoms with Gasteiger partial charge in [-0.1, -0.05) is 31.4 Å². The zero-order valence-corrected chi connectivity index (χ0v) is 11.8. The largest absolute Gasteiger partial charge is 0.357 e. The van der Waals surface area contributed by atoms with E-state index in [0.717, 1.165) is 42.7 Å². The van der Waals surface area contributed by atoms with Crippen LogP contribution >= 0.6 is 11.6 Å². The Morgan fingerprint density at radius 2 is 1.94 bits per heavy atom. The summed E-state index contributed by atoms with van der Waals surface area (Å²) >= 11 is 6.18. The smallest absolute Gasteiger partial charge is 0.128 e. The highest BCUT2D eigenvalue weighted by Gasteiger charge is 2.12. The van der Waals surface area contributed by atoms with Crippen LogP contribution in [0.15, 0.2) is 12.1 Å². The second kappa shape index (κ2) is 6.95. The molecule has 0 atom stereocenters. The highest BCUT2D eigenvalue weighted by Crippen LogP contribution is 2.21. The normalized spacial score (nSPS) is 16.7. The van der Waals surface area contributed by atoms with Crippen molar-refractivity contribution in [2.45, 2.75) is 39.2 Å². The van der Waals surface area contributed by atoms with Crippen LogP contribution in [0.3, 0.4) is 0 Å². The Hall–Kier alpha value is -0.800. The number of rotatable bonds is 4. The number of pyridine rings is 1. The van der Waals surface area contributed by atoms with Crippen molar-refractivity contribution in [1.29, 1.82) is 0 Å². The molecule has 0 aromatic carbocycles. The molecule has 1 aromatic rings. The fraction of sp³-hybridized carbons (Fsp3) is 0.643. The molecule has 1 aromatic heterocycles. The van der Waals surface area contributed by atoms with E-state index in [2.05, 4.69) is 17.1 Å². The lowest BCUT2D eigenvalue weighted by atomic mass is 10.2. The highest BCUT2D eigenvalue weighted by molar-refractivity contribution is 6.31. The van der Waals surface area contributed by atoms with E-state index in [1.165, 1.54) is 25.7 Å². The molecule has 0 amide bonds. The van der Waals surface area contributed by atoms with Gasteiger partial charge in [-0.3, -0.25) is 0 Å². The maximum absolute atomic E-state index is 6.18. The molecule has 4 heteroatoms. The first-order chi connectivity index (χ1) is 8.81. The Morgan fingerprint density at radius 1 is 1.22 bits per heavy atom. The van der Waals surface area contributed by atoms with Crippen LogP contribution in [-0.4, -0.2) is 24.6 Å². The van der Waals surface area contributed by atoms with Gasteiger partial charge in [-0.25, -0.2) is 4.98 Å². The lowest BCUT2D eigenvalue weighted by molar-refractivity contribution is 0.704. The third kappa shape index (κ3) is 3.59.